The van der Waals surface area contributed by atoms with Gasteiger partial charge in [-0.1, -0.05) is 6.92 Å². The third-order valence-electron chi connectivity index (χ3n) is 2.11. The first-order chi connectivity index (χ1) is 7.75. The Morgan fingerprint density at radius 2 is 1.94 bits per heavy atom. The van der Waals surface area contributed by atoms with Gasteiger partial charge in [-0.3, -0.25) is 14.4 Å². The fraction of sp³-hybridized carbons (Fsp3) is 0.667. The second-order valence-electron chi connectivity index (χ2n) is 3.67. The molecule has 3 unspecified atom stereocenters. The van der Waals surface area contributed by atoms with Gasteiger partial charge in [0.15, 0.2) is 0 Å². The molecule has 0 aromatic heterocycles. The van der Waals surface area contributed by atoms with E-state index in [1.54, 1.807) is 6.92 Å². The van der Waals surface area contributed by atoms with Gasteiger partial charge in [0.05, 0.1) is 0 Å². The molecule has 0 heterocycles. The minimum atomic E-state index is -1.17. The summed E-state index contributed by atoms with van der Waals surface area (Å²) in [5.41, 5.74) is 10.3. The molecular formula is C9H17N3O4S. The largest absolute Gasteiger partial charge is 0.480 e. The number of aliphatic carboxylic acids is 1. The number of hydrogen-bond acceptors (Lipinski definition) is 5. The lowest BCUT2D eigenvalue weighted by molar-refractivity contribution is -0.138. The fourth-order valence-corrected chi connectivity index (χ4v) is 1.31. The molecule has 0 aliphatic carbocycles. The maximum Gasteiger partial charge on any atom is 0.320 e. The van der Waals surface area contributed by atoms with Gasteiger partial charge in [0.25, 0.3) is 0 Å². The minimum Gasteiger partial charge on any atom is -0.480 e. The molecule has 0 radical (unpaired) electrons. The van der Waals surface area contributed by atoms with Gasteiger partial charge in [-0.25, -0.2) is 0 Å². The SMILES string of the molecule is CC(S)C(NC(=O)CCC(N)C(=O)O)C(N)=O. The van der Waals surface area contributed by atoms with E-state index in [1.165, 1.54) is 0 Å². The monoisotopic (exact) mass is 263 g/mol. The number of nitrogens with one attached hydrogen (secondary N) is 1. The first-order valence-electron chi connectivity index (χ1n) is 5.00. The molecule has 0 spiro atoms. The average Bonchev–Trinajstić information content (AvgIpc) is 2.21. The summed E-state index contributed by atoms with van der Waals surface area (Å²) in [7, 11) is 0. The number of amides is 2. The van der Waals surface area contributed by atoms with Gasteiger partial charge >= 0.3 is 5.97 Å². The van der Waals surface area contributed by atoms with Crippen LogP contribution >= 0.6 is 12.6 Å². The fourth-order valence-electron chi connectivity index (χ4n) is 1.09. The van der Waals surface area contributed by atoms with E-state index in [1.807, 2.05) is 0 Å². The highest BCUT2D eigenvalue weighted by atomic mass is 32.1. The number of carboxylic acid groups (broad SMARTS) is 1. The molecule has 6 N–H and O–H groups in total. The summed E-state index contributed by atoms with van der Waals surface area (Å²) >= 11 is 4.01. The number of carboxylic acids is 1. The van der Waals surface area contributed by atoms with Gasteiger partial charge in [-0.05, 0) is 6.42 Å². The summed E-state index contributed by atoms with van der Waals surface area (Å²) in [4.78, 5) is 32.8. The Kier molecular flexibility index (Phi) is 6.59. The van der Waals surface area contributed by atoms with Crippen LogP contribution in [0.2, 0.25) is 0 Å². The number of rotatable bonds is 7. The smallest absolute Gasteiger partial charge is 0.320 e. The van der Waals surface area contributed by atoms with E-state index in [-0.39, 0.29) is 12.8 Å². The second-order valence-corrected chi connectivity index (χ2v) is 4.49. The Morgan fingerprint density at radius 1 is 1.41 bits per heavy atom. The van der Waals surface area contributed by atoms with Crippen LogP contribution in [0.1, 0.15) is 19.8 Å². The molecule has 0 bridgehead atoms. The second kappa shape index (κ2) is 7.13. The van der Waals surface area contributed by atoms with Crippen LogP contribution in [0.3, 0.4) is 0 Å². The van der Waals surface area contributed by atoms with Crippen molar-refractivity contribution in [2.75, 3.05) is 0 Å². The van der Waals surface area contributed by atoms with Crippen molar-refractivity contribution in [2.45, 2.75) is 37.1 Å². The van der Waals surface area contributed by atoms with Crippen LogP contribution < -0.4 is 16.8 Å². The van der Waals surface area contributed by atoms with Gasteiger partial charge < -0.3 is 21.9 Å². The molecule has 0 fully saturated rings. The first-order valence-corrected chi connectivity index (χ1v) is 5.52. The molecule has 0 rings (SSSR count). The number of hydrogen-bond donors (Lipinski definition) is 5. The molecule has 98 valence electrons. The lowest BCUT2D eigenvalue weighted by atomic mass is 10.1. The predicted octanol–water partition coefficient (Wildman–Crippen LogP) is -1.53. The Hall–Kier alpha value is -1.28. The van der Waals surface area contributed by atoms with Crippen LogP contribution in [0.15, 0.2) is 0 Å². The van der Waals surface area contributed by atoms with Gasteiger partial charge in [0, 0.05) is 11.7 Å². The number of thiol groups is 1. The lowest BCUT2D eigenvalue weighted by Gasteiger charge is -2.18. The Bertz CT molecular complexity index is 309. The number of nitrogens with two attached hydrogens (primary N) is 2. The quantitative estimate of drug-likeness (QED) is 0.355. The Morgan fingerprint density at radius 3 is 2.29 bits per heavy atom. The van der Waals surface area contributed by atoms with Crippen molar-refractivity contribution in [3.63, 3.8) is 0 Å². The summed E-state index contributed by atoms with van der Waals surface area (Å²) in [5, 5.41) is 10.5. The number of carbonyl (C=O) groups is 3. The molecule has 0 aliphatic heterocycles. The van der Waals surface area contributed by atoms with Crippen molar-refractivity contribution in [3.05, 3.63) is 0 Å². The lowest BCUT2D eigenvalue weighted by Crippen LogP contribution is -2.49. The van der Waals surface area contributed by atoms with Crippen LogP contribution in [-0.4, -0.2) is 40.2 Å². The zero-order chi connectivity index (χ0) is 13.6. The van der Waals surface area contributed by atoms with E-state index in [0.717, 1.165) is 0 Å². The van der Waals surface area contributed by atoms with E-state index in [2.05, 4.69) is 17.9 Å². The third-order valence-corrected chi connectivity index (χ3v) is 2.40. The summed E-state index contributed by atoms with van der Waals surface area (Å²) < 4.78 is 0. The van der Waals surface area contributed by atoms with Crippen LogP contribution in [0, 0.1) is 0 Å². The van der Waals surface area contributed by atoms with Crippen LogP contribution in [0.4, 0.5) is 0 Å². The molecule has 0 saturated carbocycles. The molecule has 0 aromatic rings. The first kappa shape index (κ1) is 15.7. The highest BCUT2D eigenvalue weighted by molar-refractivity contribution is 7.81. The summed E-state index contributed by atoms with van der Waals surface area (Å²) in [6, 6.07) is -1.98. The topological polar surface area (TPSA) is 136 Å². The average molecular weight is 263 g/mol. The molecule has 8 heteroatoms. The van der Waals surface area contributed by atoms with Crippen LogP contribution in [-0.2, 0) is 14.4 Å². The zero-order valence-corrected chi connectivity index (χ0v) is 10.3. The summed E-state index contributed by atoms with van der Waals surface area (Å²) in [6.07, 6.45) is -0.0919. The highest BCUT2D eigenvalue weighted by Crippen LogP contribution is 2.02. The minimum absolute atomic E-state index is 0.00635. The van der Waals surface area contributed by atoms with Crippen molar-refractivity contribution < 1.29 is 19.5 Å². The van der Waals surface area contributed by atoms with Gasteiger partial charge in [-0.15, -0.1) is 0 Å². The van der Waals surface area contributed by atoms with Crippen molar-refractivity contribution in [3.8, 4) is 0 Å². The molecule has 17 heavy (non-hydrogen) atoms. The van der Waals surface area contributed by atoms with E-state index in [4.69, 9.17) is 16.6 Å². The van der Waals surface area contributed by atoms with Crippen molar-refractivity contribution >= 4 is 30.4 Å². The number of primary amides is 1. The van der Waals surface area contributed by atoms with E-state index in [9.17, 15) is 14.4 Å². The van der Waals surface area contributed by atoms with Gasteiger partial charge in [-0.2, -0.15) is 12.6 Å². The van der Waals surface area contributed by atoms with Gasteiger partial charge in [0.1, 0.15) is 12.1 Å². The van der Waals surface area contributed by atoms with Crippen LogP contribution in [0.5, 0.6) is 0 Å². The standard InChI is InChI=1S/C9H17N3O4S/c1-4(17)7(8(11)14)12-6(13)3-2-5(10)9(15)16/h4-5,7,17H,2-3,10H2,1H3,(H2,11,14)(H,12,13)(H,15,16). The maximum absolute atomic E-state index is 11.4. The molecule has 0 saturated heterocycles. The normalized spacial score (nSPS) is 15.7. The van der Waals surface area contributed by atoms with Gasteiger partial charge in [0.2, 0.25) is 11.8 Å². The predicted molar refractivity (Wildman–Crippen MR) is 64.4 cm³/mol. The Balaban J connectivity index is 4.16. The maximum atomic E-state index is 11.4. The van der Waals surface area contributed by atoms with Crippen molar-refractivity contribution in [2.24, 2.45) is 11.5 Å². The molecular weight excluding hydrogens is 246 g/mol. The zero-order valence-electron chi connectivity index (χ0n) is 9.42. The van der Waals surface area contributed by atoms with E-state index >= 15 is 0 Å². The van der Waals surface area contributed by atoms with Crippen molar-refractivity contribution in [1.29, 1.82) is 0 Å². The van der Waals surface area contributed by atoms with Crippen molar-refractivity contribution in [1.82, 2.24) is 5.32 Å². The molecule has 7 nitrogen and oxygen atoms in total. The number of carbonyl (C=O) groups excluding carboxylic acids is 2. The van der Waals surface area contributed by atoms with E-state index < -0.39 is 35.1 Å². The molecule has 0 aliphatic rings. The van der Waals surface area contributed by atoms with Crippen LogP contribution in [0.25, 0.3) is 0 Å². The highest BCUT2D eigenvalue weighted by Gasteiger charge is 2.22. The molecule has 0 aromatic carbocycles. The summed E-state index contributed by atoms with van der Waals surface area (Å²) in [6.45, 7) is 1.61. The Labute approximate surface area is 104 Å². The third kappa shape index (κ3) is 6.12. The van der Waals surface area contributed by atoms with E-state index in [0.29, 0.717) is 0 Å². The molecule has 3 atom stereocenters. The summed E-state index contributed by atoms with van der Waals surface area (Å²) in [5.74, 6) is -2.35. The molecule has 2 amide bonds.